The van der Waals surface area contributed by atoms with Gasteiger partial charge in [0, 0.05) is 5.69 Å². The standard InChI is InChI=1S/C22H28N2O3/c1-16-13-24(14-17(2)27-16)18(3)22(25)23-20-9-11-21(12-10-20)26-15-19-7-5-4-6-8-19/h4-12,16-18H,13-15H2,1-3H3,(H,23,25)/p+1/t16-,17-,18-/m0/s1. The van der Waals surface area contributed by atoms with Crippen LogP contribution < -0.4 is 15.0 Å². The van der Waals surface area contributed by atoms with E-state index in [0.29, 0.717) is 6.61 Å². The van der Waals surface area contributed by atoms with Crippen molar-refractivity contribution in [2.45, 2.75) is 45.6 Å². The van der Waals surface area contributed by atoms with Gasteiger partial charge in [0.15, 0.2) is 6.04 Å². The highest BCUT2D eigenvalue weighted by molar-refractivity contribution is 5.93. The first-order valence-corrected chi connectivity index (χ1v) is 9.59. The molecule has 3 atom stereocenters. The number of carbonyl (C=O) groups excluding carboxylic acids is 1. The number of anilines is 1. The molecule has 0 aliphatic carbocycles. The summed E-state index contributed by atoms with van der Waals surface area (Å²) in [6.07, 6.45) is 0.361. The van der Waals surface area contributed by atoms with E-state index >= 15 is 0 Å². The van der Waals surface area contributed by atoms with Crippen LogP contribution in [-0.4, -0.2) is 37.2 Å². The lowest BCUT2D eigenvalue weighted by Gasteiger charge is -2.35. The number of hydrogen-bond donors (Lipinski definition) is 2. The van der Waals surface area contributed by atoms with Gasteiger partial charge >= 0.3 is 0 Å². The summed E-state index contributed by atoms with van der Waals surface area (Å²) >= 11 is 0. The minimum Gasteiger partial charge on any atom is -0.489 e. The number of carbonyl (C=O) groups is 1. The Morgan fingerprint density at radius 1 is 1.11 bits per heavy atom. The van der Waals surface area contributed by atoms with Crippen LogP contribution in [0.5, 0.6) is 5.75 Å². The molecule has 5 nitrogen and oxygen atoms in total. The quantitative estimate of drug-likeness (QED) is 0.821. The Labute approximate surface area is 161 Å². The Bertz CT molecular complexity index is 723. The van der Waals surface area contributed by atoms with E-state index < -0.39 is 0 Å². The van der Waals surface area contributed by atoms with Crippen molar-refractivity contribution in [2.24, 2.45) is 0 Å². The molecule has 1 amide bonds. The molecule has 1 heterocycles. The first-order valence-electron chi connectivity index (χ1n) is 9.59. The van der Waals surface area contributed by atoms with E-state index in [1.165, 1.54) is 4.90 Å². The van der Waals surface area contributed by atoms with Crippen LogP contribution in [-0.2, 0) is 16.1 Å². The van der Waals surface area contributed by atoms with Gasteiger partial charge in [0.1, 0.15) is 37.7 Å². The predicted octanol–water partition coefficient (Wildman–Crippen LogP) is 2.28. The maximum absolute atomic E-state index is 12.6. The van der Waals surface area contributed by atoms with E-state index in [-0.39, 0.29) is 24.2 Å². The lowest BCUT2D eigenvalue weighted by molar-refractivity contribution is -0.928. The highest BCUT2D eigenvalue weighted by atomic mass is 16.5. The average Bonchev–Trinajstić information content (AvgIpc) is 2.67. The Morgan fingerprint density at radius 2 is 1.74 bits per heavy atom. The Hall–Kier alpha value is -2.37. The van der Waals surface area contributed by atoms with Gasteiger partial charge < -0.3 is 19.7 Å². The third kappa shape index (κ3) is 5.55. The van der Waals surface area contributed by atoms with Crippen molar-refractivity contribution in [1.82, 2.24) is 0 Å². The fourth-order valence-corrected chi connectivity index (χ4v) is 3.48. The number of amides is 1. The fourth-order valence-electron chi connectivity index (χ4n) is 3.48. The molecule has 5 heteroatoms. The maximum Gasteiger partial charge on any atom is 0.282 e. The normalized spacial score (nSPS) is 23.4. The lowest BCUT2D eigenvalue weighted by Crippen LogP contribution is -3.19. The number of benzene rings is 2. The monoisotopic (exact) mass is 369 g/mol. The second kappa shape index (κ2) is 9.02. The van der Waals surface area contributed by atoms with Gasteiger partial charge in [-0.15, -0.1) is 0 Å². The molecule has 0 saturated carbocycles. The van der Waals surface area contributed by atoms with Crippen LogP contribution in [0.2, 0.25) is 0 Å². The number of morpholine rings is 1. The zero-order chi connectivity index (χ0) is 19.2. The molecule has 2 N–H and O–H groups in total. The summed E-state index contributed by atoms with van der Waals surface area (Å²) < 4.78 is 11.6. The topological polar surface area (TPSA) is 52.0 Å². The van der Waals surface area contributed by atoms with Gasteiger partial charge in [0.25, 0.3) is 5.91 Å². The third-order valence-electron chi connectivity index (χ3n) is 4.94. The SMILES string of the molecule is C[C@H]1C[NH+]([C@@H](C)C(=O)Nc2ccc(OCc3ccccc3)cc2)C[C@H](C)O1. The minimum absolute atomic E-state index is 0.0317. The number of ether oxygens (including phenoxy) is 2. The number of hydrogen-bond acceptors (Lipinski definition) is 3. The molecule has 2 aromatic carbocycles. The fraction of sp³-hybridized carbons (Fsp3) is 0.409. The van der Waals surface area contributed by atoms with E-state index in [4.69, 9.17) is 9.47 Å². The van der Waals surface area contributed by atoms with Gasteiger partial charge in [0.2, 0.25) is 0 Å². The van der Waals surface area contributed by atoms with E-state index in [1.54, 1.807) is 0 Å². The molecule has 0 unspecified atom stereocenters. The molecule has 1 saturated heterocycles. The summed E-state index contributed by atoms with van der Waals surface area (Å²) in [4.78, 5) is 13.9. The molecule has 144 valence electrons. The first-order chi connectivity index (χ1) is 13.0. The van der Waals surface area contributed by atoms with Gasteiger partial charge in [-0.2, -0.15) is 0 Å². The van der Waals surface area contributed by atoms with Crippen molar-refractivity contribution >= 4 is 11.6 Å². The minimum atomic E-state index is -0.118. The largest absolute Gasteiger partial charge is 0.489 e. The second-order valence-electron chi connectivity index (χ2n) is 7.33. The second-order valence-corrected chi connectivity index (χ2v) is 7.33. The van der Waals surface area contributed by atoms with Crippen LogP contribution in [0.1, 0.15) is 26.3 Å². The van der Waals surface area contributed by atoms with Crippen LogP contribution in [0.25, 0.3) is 0 Å². The van der Waals surface area contributed by atoms with E-state index in [2.05, 4.69) is 19.2 Å². The van der Waals surface area contributed by atoms with Crippen molar-refractivity contribution in [2.75, 3.05) is 18.4 Å². The van der Waals surface area contributed by atoms with Crippen LogP contribution >= 0.6 is 0 Å². The molecule has 27 heavy (non-hydrogen) atoms. The Morgan fingerprint density at radius 3 is 2.37 bits per heavy atom. The van der Waals surface area contributed by atoms with Crippen molar-refractivity contribution in [3.63, 3.8) is 0 Å². The Kier molecular flexibility index (Phi) is 6.48. The maximum atomic E-state index is 12.6. The van der Waals surface area contributed by atoms with E-state index in [1.807, 2.05) is 61.5 Å². The molecule has 1 aliphatic heterocycles. The van der Waals surface area contributed by atoms with Gasteiger partial charge in [-0.3, -0.25) is 4.79 Å². The van der Waals surface area contributed by atoms with E-state index in [0.717, 1.165) is 30.1 Å². The molecule has 0 spiro atoms. The lowest BCUT2D eigenvalue weighted by atomic mass is 10.1. The van der Waals surface area contributed by atoms with Crippen molar-refractivity contribution < 1.29 is 19.2 Å². The van der Waals surface area contributed by atoms with Crippen molar-refractivity contribution in [3.8, 4) is 5.75 Å². The number of quaternary nitrogens is 1. The molecule has 1 aliphatic rings. The summed E-state index contributed by atoms with van der Waals surface area (Å²) in [5, 5.41) is 3.01. The molecular formula is C22H29N2O3+. The Balaban J connectivity index is 1.52. The summed E-state index contributed by atoms with van der Waals surface area (Å²) in [5.41, 5.74) is 1.91. The highest BCUT2D eigenvalue weighted by Crippen LogP contribution is 2.17. The van der Waals surface area contributed by atoms with Gasteiger partial charge in [-0.1, -0.05) is 30.3 Å². The van der Waals surface area contributed by atoms with Crippen LogP contribution in [0.3, 0.4) is 0 Å². The molecule has 0 aromatic heterocycles. The van der Waals surface area contributed by atoms with Gasteiger partial charge in [-0.25, -0.2) is 0 Å². The predicted molar refractivity (Wildman–Crippen MR) is 106 cm³/mol. The van der Waals surface area contributed by atoms with E-state index in [9.17, 15) is 4.79 Å². The average molecular weight is 369 g/mol. The molecule has 0 radical (unpaired) electrons. The summed E-state index contributed by atoms with van der Waals surface area (Å²) in [6, 6.07) is 17.5. The molecule has 1 fully saturated rings. The number of rotatable bonds is 6. The molecule has 2 aromatic rings. The summed E-state index contributed by atoms with van der Waals surface area (Å²) in [6.45, 7) is 8.34. The van der Waals surface area contributed by atoms with Crippen LogP contribution in [0.4, 0.5) is 5.69 Å². The number of nitrogens with one attached hydrogen (secondary N) is 2. The molecule has 0 bridgehead atoms. The highest BCUT2D eigenvalue weighted by Gasteiger charge is 2.32. The summed E-state index contributed by atoms with van der Waals surface area (Å²) in [5.74, 6) is 0.815. The summed E-state index contributed by atoms with van der Waals surface area (Å²) in [7, 11) is 0. The molecule has 3 rings (SSSR count). The molecular weight excluding hydrogens is 340 g/mol. The zero-order valence-electron chi connectivity index (χ0n) is 16.3. The van der Waals surface area contributed by atoms with Crippen molar-refractivity contribution in [3.05, 3.63) is 60.2 Å². The smallest absolute Gasteiger partial charge is 0.282 e. The van der Waals surface area contributed by atoms with Gasteiger partial charge in [-0.05, 0) is 50.6 Å². The van der Waals surface area contributed by atoms with Gasteiger partial charge in [0.05, 0.1) is 0 Å². The third-order valence-corrected chi connectivity index (χ3v) is 4.94. The van der Waals surface area contributed by atoms with Crippen LogP contribution in [0, 0.1) is 0 Å². The zero-order valence-corrected chi connectivity index (χ0v) is 16.3. The first kappa shape index (κ1) is 19.4. The van der Waals surface area contributed by atoms with Crippen LogP contribution in [0.15, 0.2) is 54.6 Å². The van der Waals surface area contributed by atoms with Crippen molar-refractivity contribution in [1.29, 1.82) is 0 Å².